The largest absolute Gasteiger partial charge is 0.478 e. The first-order valence-electron chi connectivity index (χ1n) is 12.6. The minimum atomic E-state index is -1.20. The molecule has 12 heteroatoms. The molecular weight excluding hydrogens is 553 g/mol. The summed E-state index contributed by atoms with van der Waals surface area (Å²) in [5.41, 5.74) is 0.976. The van der Waals surface area contributed by atoms with Gasteiger partial charge in [0.05, 0.1) is 22.4 Å². The molecule has 2 amide bonds. The van der Waals surface area contributed by atoms with Crippen LogP contribution in [0.5, 0.6) is 0 Å². The average molecular weight is 578 g/mol. The van der Waals surface area contributed by atoms with Crippen molar-refractivity contribution in [3.05, 3.63) is 106 Å². The van der Waals surface area contributed by atoms with E-state index in [0.29, 0.717) is 23.2 Å². The first-order chi connectivity index (χ1) is 19.5. The molecule has 0 spiro atoms. The van der Waals surface area contributed by atoms with Crippen LogP contribution in [0.3, 0.4) is 0 Å². The molecule has 1 atom stereocenters. The fraction of sp³-hybridized carbons (Fsp3) is 0.207. The van der Waals surface area contributed by atoms with Crippen LogP contribution in [0.2, 0.25) is 5.02 Å². The number of fused-ring (bicyclic) bond motifs is 1. The van der Waals surface area contributed by atoms with Gasteiger partial charge in [-0.2, -0.15) is 0 Å². The van der Waals surface area contributed by atoms with Crippen molar-refractivity contribution < 1.29 is 29.0 Å². The summed E-state index contributed by atoms with van der Waals surface area (Å²) in [6.45, 7) is 3.41. The van der Waals surface area contributed by atoms with E-state index in [2.05, 4.69) is 15.6 Å². The van der Waals surface area contributed by atoms with E-state index in [1.54, 1.807) is 32.0 Å². The summed E-state index contributed by atoms with van der Waals surface area (Å²) in [5.74, 6) is -3.00. The monoisotopic (exact) mass is 577 g/mol. The molecule has 0 saturated carbocycles. The maximum absolute atomic E-state index is 14.6. The van der Waals surface area contributed by atoms with Gasteiger partial charge in [0.1, 0.15) is 11.7 Å². The number of anilines is 1. The van der Waals surface area contributed by atoms with Gasteiger partial charge in [-0.05, 0) is 73.4 Å². The lowest BCUT2D eigenvalue weighted by Crippen LogP contribution is -2.46. The molecule has 210 valence electrons. The lowest BCUT2D eigenvalue weighted by molar-refractivity contribution is -0.121. The van der Waals surface area contributed by atoms with E-state index in [0.717, 1.165) is 10.2 Å². The predicted molar refractivity (Wildman–Crippen MR) is 148 cm³/mol. The van der Waals surface area contributed by atoms with Gasteiger partial charge in [0.15, 0.2) is 11.5 Å². The summed E-state index contributed by atoms with van der Waals surface area (Å²) in [7, 11) is 0. The molecular formula is C29H25ClFN5O5. The van der Waals surface area contributed by atoms with Crippen molar-refractivity contribution in [2.75, 3.05) is 11.9 Å². The molecule has 0 fully saturated rings. The number of nitrogens with one attached hydrogen (secondary N) is 1. The van der Waals surface area contributed by atoms with Gasteiger partial charge in [-0.3, -0.25) is 9.59 Å². The summed E-state index contributed by atoms with van der Waals surface area (Å²) < 4.78 is 15.7. The Bertz CT molecular complexity index is 1670. The molecule has 0 saturated heterocycles. The maximum Gasteiger partial charge on any atom is 0.335 e. The SMILES string of the molecule is CC(C)(O)c1cccc2c1CCN(C(=O)c1cn(-c3cccc(Cl)c3F)nn1)C2C(=O)Nc1ccc(C(=O)O)cc1. The zero-order valence-electron chi connectivity index (χ0n) is 22.0. The fourth-order valence-corrected chi connectivity index (χ4v) is 5.12. The highest BCUT2D eigenvalue weighted by Gasteiger charge is 2.39. The van der Waals surface area contributed by atoms with Gasteiger partial charge in [-0.1, -0.05) is 41.1 Å². The number of carbonyl (C=O) groups excluding carboxylic acids is 2. The third-order valence-corrected chi connectivity index (χ3v) is 7.17. The molecule has 10 nitrogen and oxygen atoms in total. The summed E-state index contributed by atoms with van der Waals surface area (Å²) in [4.78, 5) is 40.1. The van der Waals surface area contributed by atoms with Crippen molar-refractivity contribution in [3.8, 4) is 5.69 Å². The molecule has 0 radical (unpaired) electrons. The van der Waals surface area contributed by atoms with Gasteiger partial charge < -0.3 is 20.4 Å². The van der Waals surface area contributed by atoms with Crippen LogP contribution in [0, 0.1) is 5.82 Å². The molecule has 1 unspecified atom stereocenters. The van der Waals surface area contributed by atoms with Crippen LogP contribution >= 0.6 is 11.6 Å². The third-order valence-electron chi connectivity index (χ3n) is 6.88. The van der Waals surface area contributed by atoms with Crippen LogP contribution in [0.4, 0.5) is 10.1 Å². The molecule has 1 aliphatic rings. The number of carbonyl (C=O) groups is 3. The fourth-order valence-electron chi connectivity index (χ4n) is 4.95. The van der Waals surface area contributed by atoms with Gasteiger partial charge in [-0.25, -0.2) is 13.9 Å². The number of carboxylic acid groups (broad SMARTS) is 1. The van der Waals surface area contributed by atoms with Crippen LogP contribution in [0.25, 0.3) is 5.69 Å². The number of aromatic nitrogens is 3. The zero-order chi connectivity index (χ0) is 29.5. The lowest BCUT2D eigenvalue weighted by Gasteiger charge is -2.38. The van der Waals surface area contributed by atoms with Crippen molar-refractivity contribution in [1.29, 1.82) is 0 Å². The molecule has 5 rings (SSSR count). The van der Waals surface area contributed by atoms with Crippen LogP contribution in [0.15, 0.2) is 66.9 Å². The normalized spacial score (nSPS) is 14.9. The van der Waals surface area contributed by atoms with Gasteiger partial charge in [0.25, 0.3) is 11.8 Å². The Morgan fingerprint density at radius 2 is 1.78 bits per heavy atom. The predicted octanol–water partition coefficient (Wildman–Crippen LogP) is 4.36. The Balaban J connectivity index is 1.52. The topological polar surface area (TPSA) is 138 Å². The van der Waals surface area contributed by atoms with E-state index in [9.17, 15) is 29.0 Å². The molecule has 3 N–H and O–H groups in total. The Hall–Kier alpha value is -4.61. The molecule has 1 aliphatic heterocycles. The maximum atomic E-state index is 14.6. The molecule has 3 aromatic carbocycles. The lowest BCUT2D eigenvalue weighted by atomic mass is 9.83. The Morgan fingerprint density at radius 3 is 2.46 bits per heavy atom. The highest BCUT2D eigenvalue weighted by atomic mass is 35.5. The van der Waals surface area contributed by atoms with Crippen molar-refractivity contribution in [3.63, 3.8) is 0 Å². The highest BCUT2D eigenvalue weighted by molar-refractivity contribution is 6.30. The molecule has 0 aliphatic carbocycles. The van der Waals surface area contributed by atoms with Gasteiger partial charge in [-0.15, -0.1) is 5.10 Å². The number of aromatic carboxylic acids is 1. The molecule has 1 aromatic heterocycles. The number of amides is 2. The van der Waals surface area contributed by atoms with Crippen molar-refractivity contribution in [2.45, 2.75) is 31.9 Å². The number of hydrogen-bond donors (Lipinski definition) is 3. The van der Waals surface area contributed by atoms with Crippen LogP contribution in [0.1, 0.15) is 57.4 Å². The highest BCUT2D eigenvalue weighted by Crippen LogP contribution is 2.37. The first kappa shape index (κ1) is 27.9. The minimum Gasteiger partial charge on any atom is -0.478 e. The number of aliphatic hydroxyl groups is 1. The Labute approximate surface area is 239 Å². The van der Waals surface area contributed by atoms with Gasteiger partial charge in [0, 0.05) is 12.2 Å². The molecule has 0 bridgehead atoms. The van der Waals surface area contributed by atoms with Crippen LogP contribution in [-0.2, 0) is 16.8 Å². The second kappa shape index (κ2) is 10.8. The van der Waals surface area contributed by atoms with E-state index >= 15 is 0 Å². The first-order valence-corrected chi connectivity index (χ1v) is 13.0. The average Bonchev–Trinajstić information content (AvgIpc) is 3.43. The van der Waals surface area contributed by atoms with Crippen molar-refractivity contribution in [1.82, 2.24) is 19.9 Å². The number of benzene rings is 3. The van der Waals surface area contributed by atoms with Crippen LogP contribution < -0.4 is 5.32 Å². The third kappa shape index (κ3) is 5.41. The van der Waals surface area contributed by atoms with Gasteiger partial charge in [0.2, 0.25) is 0 Å². The quantitative estimate of drug-likeness (QED) is 0.309. The van der Waals surface area contributed by atoms with Crippen LogP contribution in [-0.4, -0.2) is 54.4 Å². The van der Waals surface area contributed by atoms with E-state index < -0.39 is 35.2 Å². The number of rotatable bonds is 6. The summed E-state index contributed by atoms with van der Waals surface area (Å²) in [6.07, 6.45) is 1.62. The second-order valence-electron chi connectivity index (χ2n) is 10.1. The van der Waals surface area contributed by atoms with E-state index in [1.165, 1.54) is 53.6 Å². The smallest absolute Gasteiger partial charge is 0.335 e. The molecule has 2 heterocycles. The van der Waals surface area contributed by atoms with Crippen molar-refractivity contribution in [2.24, 2.45) is 0 Å². The van der Waals surface area contributed by atoms with E-state index in [4.69, 9.17) is 11.6 Å². The summed E-state index contributed by atoms with van der Waals surface area (Å²) in [6, 6.07) is 14.1. The second-order valence-corrected chi connectivity index (χ2v) is 10.5. The van der Waals surface area contributed by atoms with E-state index in [-0.39, 0.29) is 28.5 Å². The Morgan fingerprint density at radius 1 is 1.07 bits per heavy atom. The standard InChI is InChI=1S/C29H25ClFN5O5/c1-29(2,41)20-6-3-5-19-18(20)13-14-35(25(19)26(37)32-17-11-9-16(10-12-17)28(39)40)27(38)22-15-36(34-33-22)23-8-4-7-21(30)24(23)31/h3-12,15,25,41H,13-14H2,1-2H3,(H,32,37)(H,39,40). The number of hydrogen-bond acceptors (Lipinski definition) is 6. The minimum absolute atomic E-state index is 0.00181. The number of nitrogens with zero attached hydrogens (tertiary/aromatic N) is 4. The Kier molecular flexibility index (Phi) is 7.33. The summed E-state index contributed by atoms with van der Waals surface area (Å²) in [5, 5.41) is 30.5. The number of carboxylic acids is 1. The van der Waals surface area contributed by atoms with Crippen molar-refractivity contribution >= 4 is 35.1 Å². The summed E-state index contributed by atoms with van der Waals surface area (Å²) >= 11 is 5.89. The van der Waals surface area contributed by atoms with Gasteiger partial charge >= 0.3 is 5.97 Å². The zero-order valence-corrected chi connectivity index (χ0v) is 22.8. The number of halogens is 2. The van der Waals surface area contributed by atoms with E-state index in [1.807, 2.05) is 0 Å². The molecule has 4 aromatic rings. The molecule has 41 heavy (non-hydrogen) atoms.